The van der Waals surface area contributed by atoms with Crippen LogP contribution in [0.5, 0.6) is 0 Å². The van der Waals surface area contributed by atoms with Gasteiger partial charge in [0.1, 0.15) is 5.69 Å². The maximum atomic E-state index is 12.3. The number of pyridine rings is 1. The summed E-state index contributed by atoms with van der Waals surface area (Å²) in [7, 11) is 0. The van der Waals surface area contributed by atoms with E-state index in [1.165, 1.54) is 11.3 Å². The molecule has 0 atom stereocenters. The summed E-state index contributed by atoms with van der Waals surface area (Å²) in [6.07, 6.45) is 3.34. The van der Waals surface area contributed by atoms with Crippen LogP contribution in [0.2, 0.25) is 0 Å². The Bertz CT molecular complexity index is 893. The smallest absolute Gasteiger partial charge is 0.271 e. The number of anilines is 1. The predicted octanol–water partition coefficient (Wildman–Crippen LogP) is 3.03. The van der Waals surface area contributed by atoms with Gasteiger partial charge >= 0.3 is 0 Å². The number of carbonyl (C=O) groups excluding carboxylic acids is 2. The van der Waals surface area contributed by atoms with Gasteiger partial charge in [-0.15, -0.1) is 11.3 Å². The molecule has 126 valence electrons. The second-order valence-electron chi connectivity index (χ2n) is 5.35. The van der Waals surface area contributed by atoms with Crippen LogP contribution in [0.25, 0.3) is 0 Å². The molecule has 25 heavy (non-hydrogen) atoms. The van der Waals surface area contributed by atoms with E-state index in [1.54, 1.807) is 23.8 Å². The van der Waals surface area contributed by atoms with Gasteiger partial charge in [-0.05, 0) is 36.2 Å². The molecule has 0 bridgehead atoms. The zero-order valence-corrected chi connectivity index (χ0v) is 14.3. The summed E-state index contributed by atoms with van der Waals surface area (Å²) in [5, 5.41) is 7.53. The molecule has 3 aromatic rings. The van der Waals surface area contributed by atoms with E-state index in [0.29, 0.717) is 17.2 Å². The fourth-order valence-corrected chi connectivity index (χ4v) is 2.89. The minimum absolute atomic E-state index is 0.240. The number of nitrogens with one attached hydrogen (secondary N) is 2. The SMILES string of the molecule is Cc1ccccc1C(=O)Nc1nc(C(=O)NCc2ccncc2)cs1. The van der Waals surface area contributed by atoms with Gasteiger partial charge in [0.05, 0.1) is 0 Å². The molecule has 0 unspecified atom stereocenters. The summed E-state index contributed by atoms with van der Waals surface area (Å²) < 4.78 is 0. The average molecular weight is 352 g/mol. The Hall–Kier alpha value is -3.06. The van der Waals surface area contributed by atoms with Crippen LogP contribution in [-0.4, -0.2) is 21.8 Å². The van der Waals surface area contributed by atoms with E-state index in [-0.39, 0.29) is 17.5 Å². The molecule has 0 saturated heterocycles. The van der Waals surface area contributed by atoms with Gasteiger partial charge in [0, 0.05) is 29.9 Å². The quantitative estimate of drug-likeness (QED) is 0.739. The Balaban J connectivity index is 1.61. The average Bonchev–Trinajstić information content (AvgIpc) is 3.09. The van der Waals surface area contributed by atoms with Gasteiger partial charge in [-0.3, -0.25) is 19.9 Å². The standard InChI is InChI=1S/C18H16N4O2S/c1-12-4-2-3-5-14(12)16(23)22-18-21-15(11-25-18)17(24)20-10-13-6-8-19-9-7-13/h2-9,11H,10H2,1H3,(H,20,24)(H,21,22,23). The van der Waals surface area contributed by atoms with Crippen LogP contribution in [0.15, 0.2) is 54.2 Å². The maximum absolute atomic E-state index is 12.3. The lowest BCUT2D eigenvalue weighted by Crippen LogP contribution is -2.23. The first-order chi connectivity index (χ1) is 12.1. The van der Waals surface area contributed by atoms with E-state index in [9.17, 15) is 9.59 Å². The lowest BCUT2D eigenvalue weighted by atomic mass is 10.1. The van der Waals surface area contributed by atoms with Crippen molar-refractivity contribution < 1.29 is 9.59 Å². The van der Waals surface area contributed by atoms with Crippen LogP contribution in [0.3, 0.4) is 0 Å². The Kier molecular flexibility index (Phi) is 5.15. The Labute approximate surface area is 149 Å². The number of amides is 2. The fraction of sp³-hybridized carbons (Fsp3) is 0.111. The van der Waals surface area contributed by atoms with Crippen LogP contribution in [0.4, 0.5) is 5.13 Å². The molecule has 0 aliphatic heterocycles. The molecule has 2 amide bonds. The third kappa shape index (κ3) is 4.27. The molecular formula is C18H16N4O2S. The van der Waals surface area contributed by atoms with Crippen molar-refractivity contribution in [1.29, 1.82) is 0 Å². The molecule has 2 N–H and O–H groups in total. The van der Waals surface area contributed by atoms with Gasteiger partial charge in [0.15, 0.2) is 5.13 Å². The van der Waals surface area contributed by atoms with Crippen molar-refractivity contribution in [2.75, 3.05) is 5.32 Å². The zero-order valence-electron chi connectivity index (χ0n) is 13.5. The van der Waals surface area contributed by atoms with E-state index in [1.807, 2.05) is 37.3 Å². The van der Waals surface area contributed by atoms with Gasteiger partial charge in [0.2, 0.25) is 0 Å². The van der Waals surface area contributed by atoms with E-state index in [0.717, 1.165) is 11.1 Å². The lowest BCUT2D eigenvalue weighted by Gasteiger charge is -2.04. The Morgan fingerprint density at radius 2 is 1.84 bits per heavy atom. The fourth-order valence-electron chi connectivity index (χ4n) is 2.20. The number of aryl methyl sites for hydroxylation is 1. The highest BCUT2D eigenvalue weighted by molar-refractivity contribution is 7.14. The number of aromatic nitrogens is 2. The summed E-state index contributed by atoms with van der Waals surface area (Å²) in [4.78, 5) is 32.5. The summed E-state index contributed by atoms with van der Waals surface area (Å²) in [5.74, 6) is -0.527. The molecule has 0 radical (unpaired) electrons. The Morgan fingerprint density at radius 1 is 1.08 bits per heavy atom. The number of hydrogen-bond donors (Lipinski definition) is 2. The number of thiazole rings is 1. The molecule has 3 rings (SSSR count). The molecule has 0 fully saturated rings. The van der Waals surface area contributed by atoms with Crippen molar-refractivity contribution in [3.05, 3.63) is 76.6 Å². The van der Waals surface area contributed by atoms with Gasteiger partial charge in [-0.1, -0.05) is 18.2 Å². The molecule has 7 heteroatoms. The van der Waals surface area contributed by atoms with Gasteiger partial charge < -0.3 is 5.32 Å². The van der Waals surface area contributed by atoms with Crippen molar-refractivity contribution >= 4 is 28.3 Å². The summed E-state index contributed by atoms with van der Waals surface area (Å²) in [5.41, 5.74) is 2.69. The van der Waals surface area contributed by atoms with E-state index in [2.05, 4.69) is 20.6 Å². The van der Waals surface area contributed by atoms with E-state index in [4.69, 9.17) is 0 Å². The molecule has 6 nitrogen and oxygen atoms in total. The van der Waals surface area contributed by atoms with Crippen molar-refractivity contribution in [3.8, 4) is 0 Å². The molecule has 0 saturated carbocycles. The Morgan fingerprint density at radius 3 is 2.60 bits per heavy atom. The van der Waals surface area contributed by atoms with Crippen LogP contribution >= 0.6 is 11.3 Å². The summed E-state index contributed by atoms with van der Waals surface area (Å²) in [6.45, 7) is 2.26. The molecule has 2 heterocycles. The number of hydrogen-bond acceptors (Lipinski definition) is 5. The molecule has 2 aromatic heterocycles. The van der Waals surface area contributed by atoms with Gasteiger partial charge in [-0.25, -0.2) is 4.98 Å². The number of rotatable bonds is 5. The van der Waals surface area contributed by atoms with Gasteiger partial charge in [-0.2, -0.15) is 0 Å². The topological polar surface area (TPSA) is 84.0 Å². The second kappa shape index (κ2) is 7.67. The monoisotopic (exact) mass is 352 g/mol. The van der Waals surface area contributed by atoms with Gasteiger partial charge in [0.25, 0.3) is 11.8 Å². The first-order valence-electron chi connectivity index (χ1n) is 7.63. The van der Waals surface area contributed by atoms with Crippen molar-refractivity contribution in [1.82, 2.24) is 15.3 Å². The third-order valence-electron chi connectivity index (χ3n) is 3.55. The van der Waals surface area contributed by atoms with Crippen LogP contribution in [0.1, 0.15) is 32.0 Å². The highest BCUT2D eigenvalue weighted by Gasteiger charge is 2.14. The predicted molar refractivity (Wildman–Crippen MR) is 96.7 cm³/mol. The molecule has 1 aromatic carbocycles. The molecule has 0 aliphatic rings. The second-order valence-corrected chi connectivity index (χ2v) is 6.20. The molecular weight excluding hydrogens is 336 g/mol. The maximum Gasteiger partial charge on any atom is 0.271 e. The van der Waals surface area contributed by atoms with Crippen molar-refractivity contribution in [3.63, 3.8) is 0 Å². The molecule has 0 spiro atoms. The van der Waals surface area contributed by atoms with E-state index < -0.39 is 0 Å². The lowest BCUT2D eigenvalue weighted by molar-refractivity contribution is 0.0945. The number of benzene rings is 1. The highest BCUT2D eigenvalue weighted by Crippen LogP contribution is 2.17. The number of nitrogens with zero attached hydrogens (tertiary/aromatic N) is 2. The first kappa shape index (κ1) is 16.8. The van der Waals surface area contributed by atoms with Crippen LogP contribution in [0, 0.1) is 6.92 Å². The van der Waals surface area contributed by atoms with Crippen LogP contribution < -0.4 is 10.6 Å². The van der Waals surface area contributed by atoms with E-state index >= 15 is 0 Å². The minimum Gasteiger partial charge on any atom is -0.347 e. The summed E-state index contributed by atoms with van der Waals surface area (Å²) >= 11 is 1.21. The molecule has 0 aliphatic carbocycles. The van der Waals surface area contributed by atoms with Crippen LogP contribution in [-0.2, 0) is 6.54 Å². The summed E-state index contributed by atoms with van der Waals surface area (Å²) in [6, 6.07) is 11.0. The zero-order chi connectivity index (χ0) is 17.6. The normalized spacial score (nSPS) is 10.3. The van der Waals surface area contributed by atoms with Crippen molar-refractivity contribution in [2.24, 2.45) is 0 Å². The first-order valence-corrected chi connectivity index (χ1v) is 8.51. The largest absolute Gasteiger partial charge is 0.347 e. The minimum atomic E-state index is -0.288. The highest BCUT2D eigenvalue weighted by atomic mass is 32.1. The third-order valence-corrected chi connectivity index (χ3v) is 4.31. The van der Waals surface area contributed by atoms with Crippen molar-refractivity contribution in [2.45, 2.75) is 13.5 Å². The number of carbonyl (C=O) groups is 2.